The van der Waals surface area contributed by atoms with Crippen LogP contribution in [0.3, 0.4) is 0 Å². The number of hydrogen-bond acceptors (Lipinski definition) is 2. The second-order valence-corrected chi connectivity index (χ2v) is 7.56. The first-order valence-corrected chi connectivity index (χ1v) is 10.7. The van der Waals surface area contributed by atoms with Crippen LogP contribution in [0.5, 0.6) is 0 Å². The molecule has 2 heteroatoms. The van der Waals surface area contributed by atoms with Gasteiger partial charge in [0.05, 0.1) is 7.11 Å². The molecule has 1 unspecified atom stereocenters. The first-order valence-electron chi connectivity index (χ1n) is 10.3. The van der Waals surface area contributed by atoms with Gasteiger partial charge in [0.25, 0.3) is 0 Å². The van der Waals surface area contributed by atoms with Gasteiger partial charge in [-0.1, -0.05) is 110 Å². The molecule has 0 radical (unpaired) electrons. The molecule has 0 bridgehead atoms. The Kier molecular flexibility index (Phi) is 18.1. The molecule has 0 amide bonds. The molecule has 0 rings (SSSR count). The lowest BCUT2D eigenvalue weighted by Crippen LogP contribution is -2.09. The number of unbranched alkanes of at least 4 members (excludes halogenated alkanes) is 14. The quantitative estimate of drug-likeness (QED) is 0.196. The average Bonchev–Trinajstić information content (AvgIpc) is 2.57. The molecule has 0 spiro atoms. The number of hydrogen-bond donors (Lipinski definition) is 0. The zero-order valence-electron chi connectivity index (χ0n) is 16.2. The second kappa shape index (κ2) is 18.2. The van der Waals surface area contributed by atoms with E-state index in [9.17, 15) is 0 Å². The van der Waals surface area contributed by atoms with E-state index in [0.717, 1.165) is 5.05 Å². The number of methoxy groups -OCH3 is 1. The Labute approximate surface area is 152 Å². The van der Waals surface area contributed by atoms with Crippen molar-refractivity contribution in [3.63, 3.8) is 0 Å². The summed E-state index contributed by atoms with van der Waals surface area (Å²) in [7, 11) is 1.69. The van der Waals surface area contributed by atoms with Gasteiger partial charge in [-0.3, -0.25) is 0 Å². The van der Waals surface area contributed by atoms with Crippen LogP contribution in [-0.2, 0) is 4.74 Å². The maximum atomic E-state index is 5.16. The summed E-state index contributed by atoms with van der Waals surface area (Å²) in [6.45, 7) is 4.47. The van der Waals surface area contributed by atoms with Gasteiger partial charge in [0, 0.05) is 5.92 Å². The summed E-state index contributed by atoms with van der Waals surface area (Å²) in [6, 6.07) is 0. The van der Waals surface area contributed by atoms with Crippen molar-refractivity contribution < 1.29 is 4.74 Å². The molecule has 0 heterocycles. The molecule has 0 N–H and O–H groups in total. The molecular weight excluding hydrogens is 300 g/mol. The maximum Gasteiger partial charge on any atom is 0.162 e. The SMILES string of the molecule is CCCCCCCCCCCCCCCCCC(C)C(=S)OC. The van der Waals surface area contributed by atoms with Crippen molar-refractivity contribution >= 4 is 17.3 Å². The Morgan fingerprint density at radius 2 is 1.04 bits per heavy atom. The lowest BCUT2D eigenvalue weighted by molar-refractivity contribution is 0.374. The van der Waals surface area contributed by atoms with Crippen LogP contribution in [0.1, 0.15) is 117 Å². The first-order chi connectivity index (χ1) is 11.2. The smallest absolute Gasteiger partial charge is 0.162 e. The van der Waals surface area contributed by atoms with Crippen LogP contribution in [0.25, 0.3) is 0 Å². The monoisotopic (exact) mass is 342 g/mol. The normalized spacial score (nSPS) is 12.3. The molecule has 0 aliphatic carbocycles. The van der Waals surface area contributed by atoms with Gasteiger partial charge >= 0.3 is 0 Å². The molecule has 0 aromatic heterocycles. The fraction of sp³-hybridized carbons (Fsp3) is 0.952. The van der Waals surface area contributed by atoms with Gasteiger partial charge in [-0.2, -0.15) is 0 Å². The Bertz CT molecular complexity index is 252. The highest BCUT2D eigenvalue weighted by atomic mass is 32.1. The van der Waals surface area contributed by atoms with Crippen molar-refractivity contribution in [3.05, 3.63) is 0 Å². The van der Waals surface area contributed by atoms with Crippen LogP contribution in [0.15, 0.2) is 0 Å². The van der Waals surface area contributed by atoms with Gasteiger partial charge in [0.1, 0.15) is 0 Å². The first kappa shape index (κ1) is 22.9. The van der Waals surface area contributed by atoms with Crippen molar-refractivity contribution in [2.75, 3.05) is 7.11 Å². The molecule has 0 aromatic carbocycles. The summed E-state index contributed by atoms with van der Waals surface area (Å²) in [5.41, 5.74) is 0. The van der Waals surface area contributed by atoms with Gasteiger partial charge < -0.3 is 4.74 Å². The van der Waals surface area contributed by atoms with Crippen molar-refractivity contribution in [2.45, 2.75) is 117 Å². The van der Waals surface area contributed by atoms with E-state index in [-0.39, 0.29) is 0 Å². The third-order valence-electron chi connectivity index (χ3n) is 4.84. The minimum Gasteiger partial charge on any atom is -0.490 e. The van der Waals surface area contributed by atoms with Crippen molar-refractivity contribution in [1.82, 2.24) is 0 Å². The zero-order valence-corrected chi connectivity index (χ0v) is 17.0. The van der Waals surface area contributed by atoms with E-state index in [4.69, 9.17) is 17.0 Å². The molecule has 0 fully saturated rings. The third kappa shape index (κ3) is 16.5. The molecule has 23 heavy (non-hydrogen) atoms. The van der Waals surface area contributed by atoms with Crippen LogP contribution in [-0.4, -0.2) is 12.2 Å². The van der Waals surface area contributed by atoms with Crippen LogP contribution < -0.4 is 0 Å². The number of rotatable bonds is 17. The van der Waals surface area contributed by atoms with Gasteiger partial charge in [0.15, 0.2) is 5.05 Å². The summed E-state index contributed by atoms with van der Waals surface area (Å²) in [5, 5.41) is 0.773. The molecule has 138 valence electrons. The second-order valence-electron chi connectivity index (χ2n) is 7.16. The summed E-state index contributed by atoms with van der Waals surface area (Å²) in [5.74, 6) is 0.442. The van der Waals surface area contributed by atoms with Gasteiger partial charge in [-0.15, -0.1) is 0 Å². The summed E-state index contributed by atoms with van der Waals surface area (Å²) < 4.78 is 5.12. The van der Waals surface area contributed by atoms with Crippen molar-refractivity contribution in [3.8, 4) is 0 Å². The molecule has 0 saturated heterocycles. The van der Waals surface area contributed by atoms with Crippen molar-refractivity contribution in [1.29, 1.82) is 0 Å². The molecule has 0 aromatic rings. The number of ether oxygens (including phenoxy) is 1. The summed E-state index contributed by atoms with van der Waals surface area (Å²) in [4.78, 5) is 0. The lowest BCUT2D eigenvalue weighted by atomic mass is 10.0. The molecule has 0 aliphatic rings. The minimum atomic E-state index is 0.442. The van der Waals surface area contributed by atoms with E-state index in [1.165, 1.54) is 103 Å². The summed E-state index contributed by atoms with van der Waals surface area (Å²) >= 11 is 5.16. The Balaban J connectivity index is 3.09. The van der Waals surface area contributed by atoms with E-state index in [0.29, 0.717) is 5.92 Å². The molecule has 0 saturated carbocycles. The predicted molar refractivity (Wildman–Crippen MR) is 108 cm³/mol. The van der Waals surface area contributed by atoms with E-state index < -0.39 is 0 Å². The van der Waals surface area contributed by atoms with Crippen LogP contribution in [0.2, 0.25) is 0 Å². The predicted octanol–water partition coefficient (Wildman–Crippen LogP) is 7.86. The fourth-order valence-electron chi connectivity index (χ4n) is 3.14. The van der Waals surface area contributed by atoms with E-state index in [1.54, 1.807) is 7.11 Å². The fourth-order valence-corrected chi connectivity index (χ4v) is 3.26. The molecular formula is C21H42OS. The highest BCUT2D eigenvalue weighted by Crippen LogP contribution is 2.15. The zero-order chi connectivity index (χ0) is 17.2. The van der Waals surface area contributed by atoms with Crippen molar-refractivity contribution in [2.24, 2.45) is 5.92 Å². The standard InChI is InChI=1S/C21H42OS/c1-4-5-6-7-8-9-10-11-12-13-14-15-16-17-18-19-20(2)21(23)22-3/h20H,4-19H2,1-3H3. The Morgan fingerprint density at radius 1 is 0.696 bits per heavy atom. The average molecular weight is 343 g/mol. The highest BCUT2D eigenvalue weighted by molar-refractivity contribution is 7.80. The molecule has 1 atom stereocenters. The van der Waals surface area contributed by atoms with Gasteiger partial charge in [-0.05, 0) is 18.6 Å². The number of thiocarbonyl (C=S) groups is 1. The van der Waals surface area contributed by atoms with E-state index in [2.05, 4.69) is 13.8 Å². The highest BCUT2D eigenvalue weighted by Gasteiger charge is 2.07. The van der Waals surface area contributed by atoms with E-state index >= 15 is 0 Å². The lowest BCUT2D eigenvalue weighted by Gasteiger charge is -2.11. The Morgan fingerprint density at radius 3 is 1.39 bits per heavy atom. The van der Waals surface area contributed by atoms with Crippen LogP contribution in [0.4, 0.5) is 0 Å². The topological polar surface area (TPSA) is 9.23 Å². The van der Waals surface area contributed by atoms with Crippen LogP contribution in [0, 0.1) is 5.92 Å². The summed E-state index contributed by atoms with van der Waals surface area (Å²) in [6.07, 6.45) is 22.5. The largest absolute Gasteiger partial charge is 0.490 e. The van der Waals surface area contributed by atoms with Gasteiger partial charge in [-0.25, -0.2) is 0 Å². The third-order valence-corrected chi connectivity index (χ3v) is 5.41. The maximum absolute atomic E-state index is 5.16. The van der Waals surface area contributed by atoms with Gasteiger partial charge in [0.2, 0.25) is 0 Å². The molecule has 1 nitrogen and oxygen atoms in total. The van der Waals surface area contributed by atoms with E-state index in [1.807, 2.05) is 0 Å². The minimum absolute atomic E-state index is 0.442. The Hall–Kier alpha value is -0.110. The molecule has 0 aliphatic heterocycles. The van der Waals surface area contributed by atoms with Crippen LogP contribution >= 0.6 is 12.2 Å².